The summed E-state index contributed by atoms with van der Waals surface area (Å²) in [4.78, 5) is 9.37. The van der Waals surface area contributed by atoms with Crippen molar-refractivity contribution in [1.82, 2.24) is 9.97 Å². The lowest BCUT2D eigenvalue weighted by atomic mass is 10.2. The fraction of sp³-hybridized carbons (Fsp3) is 0.375. The predicted octanol–water partition coefficient (Wildman–Crippen LogP) is 3.23. The van der Waals surface area contributed by atoms with Crippen molar-refractivity contribution in [3.63, 3.8) is 0 Å². The molecule has 2 nitrogen and oxygen atoms in total. The molecule has 0 N–H and O–H groups in total. The van der Waals surface area contributed by atoms with Crippen LogP contribution in [-0.4, -0.2) is 26.1 Å². The van der Waals surface area contributed by atoms with Crippen LogP contribution < -0.4 is 10.4 Å². The topological polar surface area (TPSA) is 25.8 Å². The molecular weight excluding hydrogens is 276 g/mol. The second-order valence-corrected chi connectivity index (χ2v) is 17.4. The Morgan fingerprint density at radius 3 is 1.30 bits per heavy atom. The van der Waals surface area contributed by atoms with Gasteiger partial charge in [-0.2, -0.15) is 0 Å². The van der Waals surface area contributed by atoms with E-state index in [4.69, 9.17) is 0 Å². The maximum atomic E-state index is 4.68. The summed E-state index contributed by atoms with van der Waals surface area (Å²) in [5.41, 5.74) is 2.20. The number of hydrogen-bond donors (Lipinski definition) is 0. The molecule has 0 saturated carbocycles. The highest BCUT2D eigenvalue weighted by molar-refractivity contribution is 6.91. The van der Waals surface area contributed by atoms with Crippen LogP contribution >= 0.6 is 0 Å². The smallest absolute Gasteiger partial charge is 0.0877 e. The van der Waals surface area contributed by atoms with Crippen molar-refractivity contribution in [3.8, 4) is 11.4 Å². The first kappa shape index (κ1) is 15.1. The third-order valence-electron chi connectivity index (χ3n) is 3.46. The van der Waals surface area contributed by atoms with Crippen molar-refractivity contribution in [1.29, 1.82) is 0 Å². The van der Waals surface area contributed by atoms with Gasteiger partial charge in [-0.15, -0.1) is 0 Å². The molecule has 4 heteroatoms. The van der Waals surface area contributed by atoms with Gasteiger partial charge in [-0.25, -0.2) is 0 Å². The highest BCUT2D eigenvalue weighted by Gasteiger charge is 2.27. The minimum Gasteiger partial charge on any atom is -0.255 e. The molecule has 106 valence electrons. The fourth-order valence-corrected chi connectivity index (χ4v) is 5.38. The molecule has 0 aromatic carbocycles. The molecule has 0 saturated heterocycles. The molecule has 2 aromatic rings. The minimum absolute atomic E-state index is 1.10. The molecule has 2 aromatic heterocycles. The van der Waals surface area contributed by atoms with Gasteiger partial charge in [-0.3, -0.25) is 9.97 Å². The third-order valence-corrected chi connectivity index (χ3v) is 7.49. The van der Waals surface area contributed by atoms with E-state index in [0.717, 1.165) is 11.4 Å². The molecule has 0 bridgehead atoms. The van der Waals surface area contributed by atoms with E-state index in [1.54, 1.807) is 0 Å². The Labute approximate surface area is 124 Å². The van der Waals surface area contributed by atoms with Gasteiger partial charge in [0, 0.05) is 12.4 Å². The maximum Gasteiger partial charge on any atom is 0.0877 e. The first-order chi connectivity index (χ1) is 9.21. The first-order valence-corrected chi connectivity index (χ1v) is 14.1. The Bertz CT molecular complexity index is 555. The Morgan fingerprint density at radius 1 is 0.650 bits per heavy atom. The average molecular weight is 301 g/mol. The van der Waals surface area contributed by atoms with E-state index < -0.39 is 16.1 Å². The van der Waals surface area contributed by atoms with E-state index in [2.05, 4.69) is 61.4 Å². The van der Waals surface area contributed by atoms with Crippen molar-refractivity contribution in [3.05, 3.63) is 36.7 Å². The number of pyridine rings is 2. The van der Waals surface area contributed by atoms with Gasteiger partial charge in [-0.05, 0) is 22.5 Å². The zero-order valence-corrected chi connectivity index (χ0v) is 15.4. The van der Waals surface area contributed by atoms with Crippen LogP contribution in [-0.2, 0) is 0 Å². The number of rotatable bonds is 3. The Hall–Kier alpha value is -1.27. The average Bonchev–Trinajstić information content (AvgIpc) is 2.37. The van der Waals surface area contributed by atoms with Gasteiger partial charge in [0.05, 0.1) is 27.5 Å². The molecule has 2 rings (SSSR count). The van der Waals surface area contributed by atoms with Crippen LogP contribution in [0.2, 0.25) is 39.3 Å². The Kier molecular flexibility index (Phi) is 3.98. The van der Waals surface area contributed by atoms with Gasteiger partial charge in [0.25, 0.3) is 0 Å². The fourth-order valence-electron chi connectivity index (χ4n) is 2.40. The van der Waals surface area contributed by atoms with Crippen LogP contribution in [0.5, 0.6) is 0 Å². The van der Waals surface area contributed by atoms with Crippen molar-refractivity contribution in [2.24, 2.45) is 0 Å². The third kappa shape index (κ3) is 3.07. The van der Waals surface area contributed by atoms with Gasteiger partial charge in [0.15, 0.2) is 0 Å². The predicted molar refractivity (Wildman–Crippen MR) is 93.4 cm³/mol. The lowest BCUT2D eigenvalue weighted by Crippen LogP contribution is -2.43. The summed E-state index contributed by atoms with van der Waals surface area (Å²) in [7, 11) is -2.86. The standard InChI is InChI=1S/C16H24N2Si2/c1-19(2,3)13-9-7-11-17-15(13)16-14(20(4,5)6)10-8-12-18-16/h7-12H,1-6H3. The summed E-state index contributed by atoms with van der Waals surface area (Å²) in [6.07, 6.45) is 3.78. The summed E-state index contributed by atoms with van der Waals surface area (Å²) in [6, 6.07) is 8.57. The van der Waals surface area contributed by atoms with Crippen LogP contribution in [0, 0.1) is 0 Å². The lowest BCUT2D eigenvalue weighted by Gasteiger charge is -2.24. The molecule has 0 atom stereocenters. The van der Waals surface area contributed by atoms with E-state index in [0.29, 0.717) is 0 Å². The largest absolute Gasteiger partial charge is 0.255 e. The molecule has 0 aliphatic heterocycles. The van der Waals surface area contributed by atoms with Crippen molar-refractivity contribution in [2.75, 3.05) is 0 Å². The van der Waals surface area contributed by atoms with Crippen molar-refractivity contribution < 1.29 is 0 Å². The highest BCUT2D eigenvalue weighted by Crippen LogP contribution is 2.17. The van der Waals surface area contributed by atoms with Crippen LogP contribution in [0.1, 0.15) is 0 Å². The molecule has 0 unspecified atom stereocenters. The van der Waals surface area contributed by atoms with E-state index in [-0.39, 0.29) is 0 Å². The van der Waals surface area contributed by atoms with Gasteiger partial charge < -0.3 is 0 Å². The number of aromatic nitrogens is 2. The van der Waals surface area contributed by atoms with Gasteiger partial charge >= 0.3 is 0 Å². The van der Waals surface area contributed by atoms with Crippen molar-refractivity contribution >= 4 is 26.5 Å². The summed E-state index contributed by atoms with van der Waals surface area (Å²) >= 11 is 0. The van der Waals surface area contributed by atoms with E-state index in [9.17, 15) is 0 Å². The molecule has 0 aliphatic rings. The highest BCUT2D eigenvalue weighted by atomic mass is 28.3. The Morgan fingerprint density at radius 2 is 1.00 bits per heavy atom. The maximum absolute atomic E-state index is 4.68. The van der Waals surface area contributed by atoms with Gasteiger partial charge in [0.1, 0.15) is 0 Å². The SMILES string of the molecule is C[Si](C)(C)c1cccnc1-c1ncccc1[Si](C)(C)C. The summed E-state index contributed by atoms with van der Waals surface area (Å²) in [6.45, 7) is 14.2. The summed E-state index contributed by atoms with van der Waals surface area (Å²) < 4.78 is 0. The van der Waals surface area contributed by atoms with E-state index in [1.807, 2.05) is 24.5 Å². The number of nitrogens with zero attached hydrogens (tertiary/aromatic N) is 2. The van der Waals surface area contributed by atoms with Crippen molar-refractivity contribution in [2.45, 2.75) is 39.3 Å². The van der Waals surface area contributed by atoms with E-state index in [1.165, 1.54) is 10.4 Å². The zero-order valence-electron chi connectivity index (χ0n) is 13.4. The number of hydrogen-bond acceptors (Lipinski definition) is 2. The minimum atomic E-state index is -1.43. The van der Waals surface area contributed by atoms with Gasteiger partial charge in [-0.1, -0.05) is 51.4 Å². The molecule has 0 aliphatic carbocycles. The van der Waals surface area contributed by atoms with Crippen LogP contribution in [0.4, 0.5) is 0 Å². The van der Waals surface area contributed by atoms with Gasteiger partial charge in [0.2, 0.25) is 0 Å². The second kappa shape index (κ2) is 5.26. The lowest BCUT2D eigenvalue weighted by molar-refractivity contribution is 1.26. The summed E-state index contributed by atoms with van der Waals surface area (Å²) in [5, 5.41) is 2.80. The first-order valence-electron chi connectivity index (χ1n) is 7.12. The molecular formula is C16H24N2Si2. The van der Waals surface area contributed by atoms with E-state index >= 15 is 0 Å². The molecule has 0 fully saturated rings. The summed E-state index contributed by atoms with van der Waals surface area (Å²) in [5.74, 6) is 0. The van der Waals surface area contributed by atoms with Crippen LogP contribution in [0.25, 0.3) is 11.4 Å². The molecule has 0 spiro atoms. The zero-order chi connectivity index (χ0) is 15.0. The molecule has 0 radical (unpaired) electrons. The quantitative estimate of drug-likeness (QED) is 0.813. The van der Waals surface area contributed by atoms with Crippen LogP contribution in [0.3, 0.4) is 0 Å². The molecule has 2 heterocycles. The van der Waals surface area contributed by atoms with Crippen LogP contribution in [0.15, 0.2) is 36.7 Å². The molecule has 20 heavy (non-hydrogen) atoms. The second-order valence-electron chi connectivity index (χ2n) is 7.30. The molecule has 0 amide bonds. The Balaban J connectivity index is 2.71. The normalized spacial score (nSPS) is 12.5. The monoisotopic (exact) mass is 300 g/mol.